The molecule has 0 atom stereocenters. The third kappa shape index (κ3) is 2.84. The van der Waals surface area contributed by atoms with Crippen LogP contribution in [0.2, 0.25) is 5.02 Å². The maximum Gasteiger partial charge on any atom is 0.128 e. The van der Waals surface area contributed by atoms with Gasteiger partial charge in [-0.05, 0) is 35.9 Å². The Hall–Kier alpha value is -1.36. The van der Waals surface area contributed by atoms with Crippen LogP contribution in [0, 0.1) is 5.82 Å². The van der Waals surface area contributed by atoms with Gasteiger partial charge in [0.1, 0.15) is 5.82 Å². The van der Waals surface area contributed by atoms with Gasteiger partial charge in [0, 0.05) is 33.2 Å². The van der Waals surface area contributed by atoms with E-state index in [1.807, 2.05) is 29.0 Å². The highest BCUT2D eigenvalue weighted by Crippen LogP contribution is 2.26. The van der Waals surface area contributed by atoms with Crippen LogP contribution < -0.4 is 5.73 Å². The number of benzene rings is 2. The summed E-state index contributed by atoms with van der Waals surface area (Å²) in [7, 11) is 0. The molecule has 2 nitrogen and oxygen atoms in total. The van der Waals surface area contributed by atoms with E-state index in [0.29, 0.717) is 23.7 Å². The fourth-order valence-corrected chi connectivity index (χ4v) is 3.06. The zero-order valence-electron chi connectivity index (χ0n) is 11.1. The number of aromatic nitrogens is 1. The Balaban J connectivity index is 2.12. The van der Waals surface area contributed by atoms with Gasteiger partial charge in [-0.2, -0.15) is 0 Å². The molecule has 0 amide bonds. The van der Waals surface area contributed by atoms with Gasteiger partial charge in [0.05, 0.1) is 12.1 Å². The van der Waals surface area contributed by atoms with E-state index in [4.69, 9.17) is 17.3 Å². The van der Waals surface area contributed by atoms with E-state index in [2.05, 4.69) is 15.9 Å². The predicted octanol–water partition coefficient (Wildman–Crippen LogP) is 4.70. The Kier molecular flexibility index (Phi) is 4.02. The average Bonchev–Trinajstić information content (AvgIpc) is 2.80. The van der Waals surface area contributed by atoms with E-state index in [0.717, 1.165) is 20.9 Å². The summed E-state index contributed by atoms with van der Waals surface area (Å²) in [6.07, 6.45) is 1.96. The van der Waals surface area contributed by atoms with Crippen molar-refractivity contribution in [2.24, 2.45) is 5.73 Å². The first-order chi connectivity index (χ1) is 10.1. The maximum absolute atomic E-state index is 13.9. The number of fused-ring (bicyclic) bond motifs is 1. The maximum atomic E-state index is 13.9. The highest BCUT2D eigenvalue weighted by molar-refractivity contribution is 9.10. The van der Waals surface area contributed by atoms with E-state index in [1.165, 1.54) is 6.07 Å². The molecule has 5 heteroatoms. The molecule has 0 unspecified atom stereocenters. The van der Waals surface area contributed by atoms with Crippen LogP contribution in [0.3, 0.4) is 0 Å². The van der Waals surface area contributed by atoms with Crippen molar-refractivity contribution in [3.8, 4) is 0 Å². The molecule has 0 aliphatic rings. The van der Waals surface area contributed by atoms with E-state index in [-0.39, 0.29) is 5.82 Å². The van der Waals surface area contributed by atoms with Crippen LogP contribution in [0.15, 0.2) is 47.1 Å². The van der Waals surface area contributed by atoms with Crippen LogP contribution >= 0.6 is 27.5 Å². The molecular formula is C16H13BrClFN2. The summed E-state index contributed by atoms with van der Waals surface area (Å²) in [5.74, 6) is -0.226. The molecule has 0 aliphatic heterocycles. The molecule has 2 N–H and O–H groups in total. The predicted molar refractivity (Wildman–Crippen MR) is 88.0 cm³/mol. The van der Waals surface area contributed by atoms with E-state index >= 15 is 0 Å². The Morgan fingerprint density at radius 3 is 2.71 bits per heavy atom. The number of halogens is 3. The lowest BCUT2D eigenvalue weighted by Crippen LogP contribution is -2.01. The van der Waals surface area contributed by atoms with Crippen LogP contribution in [0.25, 0.3) is 10.9 Å². The summed E-state index contributed by atoms with van der Waals surface area (Å²) < 4.78 is 16.8. The van der Waals surface area contributed by atoms with Crippen LogP contribution in [-0.2, 0) is 13.1 Å². The summed E-state index contributed by atoms with van der Waals surface area (Å²) in [6.45, 7) is 0.869. The van der Waals surface area contributed by atoms with E-state index in [9.17, 15) is 4.39 Å². The molecule has 0 radical (unpaired) electrons. The molecule has 0 aliphatic carbocycles. The van der Waals surface area contributed by atoms with Gasteiger partial charge in [-0.15, -0.1) is 0 Å². The third-order valence-electron chi connectivity index (χ3n) is 3.50. The van der Waals surface area contributed by atoms with Crippen LogP contribution in [0.5, 0.6) is 0 Å². The Labute approximate surface area is 135 Å². The van der Waals surface area contributed by atoms with Crippen LogP contribution in [0.1, 0.15) is 11.1 Å². The van der Waals surface area contributed by atoms with Gasteiger partial charge in [-0.25, -0.2) is 4.39 Å². The van der Waals surface area contributed by atoms with Crippen LogP contribution in [-0.4, -0.2) is 4.57 Å². The normalized spacial score (nSPS) is 11.2. The van der Waals surface area contributed by atoms with Gasteiger partial charge in [0.2, 0.25) is 0 Å². The van der Waals surface area contributed by atoms with E-state index < -0.39 is 0 Å². The number of hydrogen-bond donors (Lipinski definition) is 1. The first kappa shape index (κ1) is 14.6. The summed E-state index contributed by atoms with van der Waals surface area (Å²) in [5, 5.41) is 1.71. The molecule has 2 aromatic carbocycles. The minimum absolute atomic E-state index is 0.226. The SMILES string of the molecule is NCc1cn(Cc2cc(Br)ccc2F)c2cc(Cl)ccc12. The summed E-state index contributed by atoms with van der Waals surface area (Å²) in [6, 6.07) is 10.6. The second kappa shape index (κ2) is 5.79. The molecule has 1 aromatic heterocycles. The van der Waals surface area contributed by atoms with Crippen molar-refractivity contribution in [2.45, 2.75) is 13.1 Å². The average molecular weight is 368 g/mol. The highest BCUT2D eigenvalue weighted by Gasteiger charge is 2.10. The number of nitrogens with zero attached hydrogens (tertiary/aromatic N) is 1. The molecule has 108 valence electrons. The second-order valence-electron chi connectivity index (χ2n) is 4.88. The standard InChI is InChI=1S/C16H13BrClFN2/c17-12-1-4-15(19)10(5-12)8-21-9-11(7-20)14-3-2-13(18)6-16(14)21/h1-6,9H,7-8,20H2. The molecule has 0 fully saturated rings. The summed E-state index contributed by atoms with van der Waals surface area (Å²) in [4.78, 5) is 0. The minimum Gasteiger partial charge on any atom is -0.343 e. The fourth-order valence-electron chi connectivity index (χ4n) is 2.48. The largest absolute Gasteiger partial charge is 0.343 e. The Morgan fingerprint density at radius 1 is 1.14 bits per heavy atom. The lowest BCUT2D eigenvalue weighted by Gasteiger charge is -2.07. The van der Waals surface area contributed by atoms with Gasteiger partial charge in [-0.3, -0.25) is 0 Å². The van der Waals surface area contributed by atoms with Crippen LogP contribution in [0.4, 0.5) is 4.39 Å². The number of rotatable bonds is 3. The monoisotopic (exact) mass is 366 g/mol. The zero-order chi connectivity index (χ0) is 15.0. The molecule has 3 aromatic rings. The lowest BCUT2D eigenvalue weighted by atomic mass is 10.2. The highest BCUT2D eigenvalue weighted by atomic mass is 79.9. The second-order valence-corrected chi connectivity index (χ2v) is 6.24. The van der Waals surface area contributed by atoms with E-state index in [1.54, 1.807) is 12.1 Å². The third-order valence-corrected chi connectivity index (χ3v) is 4.22. The van der Waals surface area contributed by atoms with Crippen molar-refractivity contribution in [1.29, 1.82) is 0 Å². The first-order valence-corrected chi connectivity index (χ1v) is 7.67. The van der Waals surface area contributed by atoms with Crippen molar-refractivity contribution >= 4 is 38.4 Å². The topological polar surface area (TPSA) is 30.9 Å². The minimum atomic E-state index is -0.226. The van der Waals surface area contributed by atoms with Crippen molar-refractivity contribution < 1.29 is 4.39 Å². The summed E-state index contributed by atoms with van der Waals surface area (Å²) in [5.41, 5.74) is 8.39. The van der Waals surface area contributed by atoms with Gasteiger partial charge < -0.3 is 10.3 Å². The fraction of sp³-hybridized carbons (Fsp3) is 0.125. The smallest absolute Gasteiger partial charge is 0.128 e. The molecule has 0 bridgehead atoms. The zero-order valence-corrected chi connectivity index (χ0v) is 13.5. The van der Waals surface area contributed by atoms with Crippen molar-refractivity contribution in [1.82, 2.24) is 4.57 Å². The van der Waals surface area contributed by atoms with Crippen molar-refractivity contribution in [3.63, 3.8) is 0 Å². The van der Waals surface area contributed by atoms with Crippen molar-refractivity contribution in [2.75, 3.05) is 0 Å². The molecule has 0 saturated heterocycles. The Bertz CT molecular complexity index is 813. The molecular weight excluding hydrogens is 355 g/mol. The molecule has 0 saturated carbocycles. The molecule has 21 heavy (non-hydrogen) atoms. The van der Waals surface area contributed by atoms with Gasteiger partial charge in [-0.1, -0.05) is 33.6 Å². The van der Waals surface area contributed by atoms with Crippen molar-refractivity contribution in [3.05, 3.63) is 69.0 Å². The first-order valence-electron chi connectivity index (χ1n) is 6.50. The molecule has 1 heterocycles. The Morgan fingerprint density at radius 2 is 1.95 bits per heavy atom. The number of nitrogens with two attached hydrogens (primary N) is 1. The van der Waals surface area contributed by atoms with Gasteiger partial charge in [0.15, 0.2) is 0 Å². The lowest BCUT2D eigenvalue weighted by molar-refractivity contribution is 0.601. The molecule has 3 rings (SSSR count). The molecule has 0 spiro atoms. The van der Waals surface area contributed by atoms with Gasteiger partial charge in [0.25, 0.3) is 0 Å². The van der Waals surface area contributed by atoms with Gasteiger partial charge >= 0.3 is 0 Å². The number of hydrogen-bond acceptors (Lipinski definition) is 1. The quantitative estimate of drug-likeness (QED) is 0.714. The summed E-state index contributed by atoms with van der Waals surface area (Å²) >= 11 is 9.45.